The molecule has 3 N–H and O–H groups in total. The van der Waals surface area contributed by atoms with Crippen molar-refractivity contribution in [1.82, 2.24) is 0 Å². The molecular weight excluding hydrogens is 190 g/mol. The van der Waals surface area contributed by atoms with E-state index in [2.05, 4.69) is 13.8 Å². The summed E-state index contributed by atoms with van der Waals surface area (Å²) in [5, 5.41) is 8.80. The summed E-state index contributed by atoms with van der Waals surface area (Å²) in [5.41, 5.74) is 6.52. The number of nitrogens with two attached hydrogens (primary N) is 1. The van der Waals surface area contributed by atoms with Gasteiger partial charge in [-0.25, -0.2) is 0 Å². The maximum atomic E-state index is 10.7. The topological polar surface area (TPSA) is 63.3 Å². The summed E-state index contributed by atoms with van der Waals surface area (Å²) in [4.78, 5) is 10.7. The minimum atomic E-state index is -0.681. The molecule has 0 aromatic heterocycles. The lowest BCUT2D eigenvalue weighted by molar-refractivity contribution is -0.138. The Balaban J connectivity index is 2.17. The Bertz CT molecular complexity index is 291. The van der Waals surface area contributed by atoms with Crippen LogP contribution in [-0.2, 0) is 4.79 Å². The van der Waals surface area contributed by atoms with Crippen LogP contribution in [0.3, 0.4) is 0 Å². The van der Waals surface area contributed by atoms with Crippen LogP contribution in [0, 0.1) is 16.7 Å². The second-order valence-corrected chi connectivity index (χ2v) is 5.81. The summed E-state index contributed by atoms with van der Waals surface area (Å²) in [6, 6.07) is 0.273. The molecule has 4 atom stereocenters. The number of fused-ring (bicyclic) bond motifs is 2. The molecule has 0 aromatic rings. The molecule has 3 nitrogen and oxygen atoms in total. The molecule has 86 valence electrons. The zero-order chi connectivity index (χ0) is 11.3. The van der Waals surface area contributed by atoms with E-state index in [1.54, 1.807) is 0 Å². The first-order valence-electron chi connectivity index (χ1n) is 5.87. The first-order valence-corrected chi connectivity index (χ1v) is 5.87. The Morgan fingerprint density at radius 3 is 2.60 bits per heavy atom. The lowest BCUT2D eigenvalue weighted by atomic mass is 9.65. The van der Waals surface area contributed by atoms with Crippen LogP contribution in [0.1, 0.15) is 46.0 Å². The lowest BCUT2D eigenvalue weighted by Gasteiger charge is -2.40. The van der Waals surface area contributed by atoms with E-state index in [-0.39, 0.29) is 23.3 Å². The van der Waals surface area contributed by atoms with E-state index in [1.165, 1.54) is 12.8 Å². The van der Waals surface area contributed by atoms with Gasteiger partial charge in [0, 0.05) is 12.5 Å². The molecule has 3 heteroatoms. The number of hydrogen-bond acceptors (Lipinski definition) is 2. The quantitative estimate of drug-likeness (QED) is 0.750. The minimum Gasteiger partial charge on any atom is -0.481 e. The van der Waals surface area contributed by atoms with Crippen molar-refractivity contribution in [2.24, 2.45) is 22.5 Å². The van der Waals surface area contributed by atoms with Crippen LogP contribution in [0.2, 0.25) is 0 Å². The minimum absolute atomic E-state index is 0.158. The second kappa shape index (κ2) is 3.21. The Morgan fingerprint density at radius 2 is 2.20 bits per heavy atom. The summed E-state index contributed by atoms with van der Waals surface area (Å²) < 4.78 is 0. The van der Waals surface area contributed by atoms with Crippen molar-refractivity contribution in [3.05, 3.63) is 0 Å². The van der Waals surface area contributed by atoms with Crippen molar-refractivity contribution >= 4 is 5.97 Å². The number of carboxylic acid groups (broad SMARTS) is 1. The van der Waals surface area contributed by atoms with E-state index in [0.29, 0.717) is 5.92 Å². The van der Waals surface area contributed by atoms with Gasteiger partial charge in [0.1, 0.15) is 0 Å². The fourth-order valence-electron chi connectivity index (χ4n) is 3.95. The molecule has 2 fully saturated rings. The van der Waals surface area contributed by atoms with Crippen molar-refractivity contribution in [1.29, 1.82) is 0 Å². The van der Waals surface area contributed by atoms with Gasteiger partial charge < -0.3 is 10.8 Å². The fourth-order valence-corrected chi connectivity index (χ4v) is 3.95. The average Bonchev–Trinajstić information content (AvgIpc) is 2.50. The number of carbonyl (C=O) groups is 1. The highest BCUT2D eigenvalue weighted by molar-refractivity contribution is 5.66. The normalized spacial score (nSPS) is 48.5. The first-order chi connectivity index (χ1) is 6.90. The lowest BCUT2D eigenvalue weighted by Crippen LogP contribution is -2.42. The SMILES string of the molecule is C[C@]1(CCC(=O)O)[C@H]2CC[C@]1(C)[C@H](N)C2. The van der Waals surface area contributed by atoms with Crippen LogP contribution in [0.5, 0.6) is 0 Å². The van der Waals surface area contributed by atoms with Crippen LogP contribution in [0.25, 0.3) is 0 Å². The van der Waals surface area contributed by atoms with Crippen LogP contribution in [-0.4, -0.2) is 17.1 Å². The average molecular weight is 211 g/mol. The van der Waals surface area contributed by atoms with E-state index >= 15 is 0 Å². The van der Waals surface area contributed by atoms with Gasteiger partial charge in [0.05, 0.1) is 0 Å². The monoisotopic (exact) mass is 211 g/mol. The van der Waals surface area contributed by atoms with Crippen LogP contribution in [0.4, 0.5) is 0 Å². The van der Waals surface area contributed by atoms with Gasteiger partial charge in [0.25, 0.3) is 0 Å². The summed E-state index contributed by atoms with van der Waals surface area (Å²) in [6.07, 6.45) is 4.58. The molecule has 0 aliphatic heterocycles. The second-order valence-electron chi connectivity index (χ2n) is 5.81. The largest absolute Gasteiger partial charge is 0.481 e. The van der Waals surface area contributed by atoms with Gasteiger partial charge in [-0.2, -0.15) is 0 Å². The number of rotatable bonds is 3. The number of hydrogen-bond donors (Lipinski definition) is 2. The predicted octanol–water partition coefficient (Wildman–Crippen LogP) is 2.00. The van der Waals surface area contributed by atoms with E-state index < -0.39 is 5.97 Å². The van der Waals surface area contributed by atoms with Gasteiger partial charge in [-0.15, -0.1) is 0 Å². The van der Waals surface area contributed by atoms with Crippen molar-refractivity contribution in [3.63, 3.8) is 0 Å². The number of aliphatic carboxylic acids is 1. The molecule has 0 aromatic carbocycles. The summed E-state index contributed by atoms with van der Waals surface area (Å²) in [5.74, 6) is -0.0310. The molecule has 0 radical (unpaired) electrons. The zero-order valence-electron chi connectivity index (χ0n) is 9.62. The Morgan fingerprint density at radius 1 is 1.53 bits per heavy atom. The van der Waals surface area contributed by atoms with Gasteiger partial charge in [-0.3, -0.25) is 4.79 Å². The molecule has 2 saturated carbocycles. The van der Waals surface area contributed by atoms with Gasteiger partial charge in [0.15, 0.2) is 0 Å². The summed E-state index contributed by atoms with van der Waals surface area (Å²) >= 11 is 0. The van der Waals surface area contributed by atoms with Crippen LogP contribution >= 0.6 is 0 Å². The molecule has 15 heavy (non-hydrogen) atoms. The number of carboxylic acids is 1. The van der Waals surface area contributed by atoms with Crippen molar-refractivity contribution < 1.29 is 9.90 Å². The predicted molar refractivity (Wildman–Crippen MR) is 58.4 cm³/mol. The first kappa shape index (κ1) is 10.9. The molecule has 0 heterocycles. The maximum absolute atomic E-state index is 10.7. The van der Waals surface area contributed by atoms with Gasteiger partial charge >= 0.3 is 5.97 Å². The van der Waals surface area contributed by atoms with Crippen LogP contribution < -0.4 is 5.73 Å². The molecule has 2 rings (SSSR count). The van der Waals surface area contributed by atoms with Gasteiger partial charge in [-0.05, 0) is 42.4 Å². The van der Waals surface area contributed by atoms with E-state index in [9.17, 15) is 4.79 Å². The molecular formula is C12H21NO2. The fraction of sp³-hybridized carbons (Fsp3) is 0.917. The third kappa shape index (κ3) is 1.32. The van der Waals surface area contributed by atoms with Crippen LogP contribution in [0.15, 0.2) is 0 Å². The molecule has 2 aliphatic carbocycles. The molecule has 2 bridgehead atoms. The smallest absolute Gasteiger partial charge is 0.303 e. The van der Waals surface area contributed by atoms with Gasteiger partial charge in [0.2, 0.25) is 0 Å². The Hall–Kier alpha value is -0.570. The maximum Gasteiger partial charge on any atom is 0.303 e. The molecule has 0 unspecified atom stereocenters. The zero-order valence-corrected chi connectivity index (χ0v) is 9.62. The van der Waals surface area contributed by atoms with E-state index in [1.807, 2.05) is 0 Å². The highest BCUT2D eigenvalue weighted by Crippen LogP contribution is 2.66. The van der Waals surface area contributed by atoms with Crippen molar-refractivity contribution in [2.45, 2.75) is 52.0 Å². The third-order valence-electron chi connectivity index (χ3n) is 5.43. The Labute approximate surface area is 91.0 Å². The highest BCUT2D eigenvalue weighted by Gasteiger charge is 2.62. The van der Waals surface area contributed by atoms with Crippen molar-refractivity contribution in [3.8, 4) is 0 Å². The Kier molecular flexibility index (Phi) is 2.34. The standard InChI is InChI=1S/C12H21NO2/c1-11(6-4-10(14)15)8-3-5-12(11,2)9(13)7-8/h8-9H,3-7,13H2,1-2H3,(H,14,15)/t8-,9+,11-,12+/m0/s1. The highest BCUT2D eigenvalue weighted by atomic mass is 16.4. The van der Waals surface area contributed by atoms with Crippen molar-refractivity contribution in [2.75, 3.05) is 0 Å². The van der Waals surface area contributed by atoms with Gasteiger partial charge in [-0.1, -0.05) is 13.8 Å². The van der Waals surface area contributed by atoms with E-state index in [4.69, 9.17) is 10.8 Å². The molecule has 0 saturated heterocycles. The third-order valence-corrected chi connectivity index (χ3v) is 5.43. The molecule has 0 spiro atoms. The van der Waals surface area contributed by atoms with E-state index in [0.717, 1.165) is 12.8 Å². The summed E-state index contributed by atoms with van der Waals surface area (Å²) in [7, 11) is 0. The summed E-state index contributed by atoms with van der Waals surface area (Å²) in [6.45, 7) is 4.51. The molecule has 2 aliphatic rings. The molecule has 0 amide bonds.